The summed E-state index contributed by atoms with van der Waals surface area (Å²) in [5.74, 6) is -0.0913. The van der Waals surface area contributed by atoms with Gasteiger partial charge >= 0.3 is 0 Å². The Labute approximate surface area is 130 Å². The van der Waals surface area contributed by atoms with Crippen molar-refractivity contribution in [1.82, 2.24) is 0 Å². The first-order valence-electron chi connectivity index (χ1n) is 5.91. The third-order valence-electron chi connectivity index (χ3n) is 2.78. The second-order valence-corrected chi connectivity index (χ2v) is 4.91. The summed E-state index contributed by atoms with van der Waals surface area (Å²) >= 11 is 11.4. The van der Waals surface area contributed by atoms with Crippen LogP contribution in [0.4, 0.5) is 11.4 Å². The van der Waals surface area contributed by atoms with E-state index in [1.807, 2.05) is 0 Å². The van der Waals surface area contributed by atoms with Crippen LogP contribution >= 0.6 is 23.2 Å². The summed E-state index contributed by atoms with van der Waals surface area (Å²) in [6.07, 6.45) is 0. The van der Waals surface area contributed by atoms with Crippen molar-refractivity contribution in [1.29, 1.82) is 0 Å². The molecule has 0 aliphatic rings. The Bertz CT molecular complexity index is 687. The Morgan fingerprint density at radius 3 is 2.43 bits per heavy atom. The molecule has 0 aliphatic heterocycles. The molecule has 0 saturated carbocycles. The van der Waals surface area contributed by atoms with Gasteiger partial charge in [0.1, 0.15) is 5.69 Å². The van der Waals surface area contributed by atoms with Gasteiger partial charge in [-0.15, -0.1) is 11.6 Å². The number of carbonyl (C=O) groups is 1. The maximum atomic E-state index is 12.1. The molecule has 0 heterocycles. The zero-order chi connectivity index (χ0) is 15.4. The number of halogens is 2. The van der Waals surface area contributed by atoms with Gasteiger partial charge in [0.25, 0.3) is 11.6 Å². The van der Waals surface area contributed by atoms with E-state index in [0.29, 0.717) is 11.4 Å². The highest BCUT2D eigenvalue weighted by molar-refractivity contribution is 6.31. The molecule has 0 fully saturated rings. The number of hydrogen-bond donors (Lipinski definition) is 1. The van der Waals surface area contributed by atoms with Gasteiger partial charge in [0, 0.05) is 22.5 Å². The Kier molecular flexibility index (Phi) is 4.77. The average molecular weight is 325 g/mol. The van der Waals surface area contributed by atoms with Gasteiger partial charge in [-0.05, 0) is 29.8 Å². The molecule has 0 saturated heterocycles. The second-order valence-electron chi connectivity index (χ2n) is 4.20. The molecule has 0 aromatic heterocycles. The van der Waals surface area contributed by atoms with Crippen LogP contribution in [0.25, 0.3) is 0 Å². The van der Waals surface area contributed by atoms with Gasteiger partial charge in [-0.1, -0.05) is 23.7 Å². The number of benzene rings is 2. The van der Waals surface area contributed by atoms with Gasteiger partial charge in [-0.2, -0.15) is 0 Å². The van der Waals surface area contributed by atoms with Crippen molar-refractivity contribution >= 4 is 40.5 Å². The molecular weight excluding hydrogens is 315 g/mol. The van der Waals surface area contributed by atoms with Crippen LogP contribution in [0.15, 0.2) is 42.5 Å². The number of anilines is 1. The van der Waals surface area contributed by atoms with E-state index in [9.17, 15) is 14.9 Å². The first kappa shape index (κ1) is 15.3. The molecule has 2 aromatic rings. The predicted octanol–water partition coefficient (Wildman–Crippen LogP) is 4.24. The zero-order valence-electron chi connectivity index (χ0n) is 10.7. The van der Waals surface area contributed by atoms with E-state index in [1.165, 1.54) is 18.2 Å². The summed E-state index contributed by atoms with van der Waals surface area (Å²) in [7, 11) is 0. The van der Waals surface area contributed by atoms with Crippen LogP contribution in [0.1, 0.15) is 15.9 Å². The van der Waals surface area contributed by atoms with E-state index in [4.69, 9.17) is 23.2 Å². The number of nitrogens with one attached hydrogen (secondary N) is 1. The molecule has 21 heavy (non-hydrogen) atoms. The zero-order valence-corrected chi connectivity index (χ0v) is 12.2. The van der Waals surface area contributed by atoms with E-state index in [0.717, 1.165) is 5.56 Å². The highest BCUT2D eigenvalue weighted by Gasteiger charge is 2.17. The summed E-state index contributed by atoms with van der Waals surface area (Å²) in [6.45, 7) is 0. The van der Waals surface area contributed by atoms with Gasteiger partial charge in [0.15, 0.2) is 0 Å². The summed E-state index contributed by atoms with van der Waals surface area (Å²) in [4.78, 5) is 22.4. The molecule has 2 aromatic carbocycles. The molecule has 7 heteroatoms. The molecule has 5 nitrogen and oxygen atoms in total. The van der Waals surface area contributed by atoms with Gasteiger partial charge < -0.3 is 5.32 Å². The number of amides is 1. The quantitative estimate of drug-likeness (QED) is 0.519. The Morgan fingerprint density at radius 1 is 1.19 bits per heavy atom. The molecule has 0 bridgehead atoms. The molecule has 0 radical (unpaired) electrons. The minimum Gasteiger partial charge on any atom is -0.316 e. The van der Waals surface area contributed by atoms with Gasteiger partial charge in [-0.25, -0.2) is 0 Å². The smallest absolute Gasteiger partial charge is 0.294 e. The fraction of sp³-hybridized carbons (Fsp3) is 0.0714. The third-order valence-corrected chi connectivity index (χ3v) is 3.32. The maximum absolute atomic E-state index is 12.1. The van der Waals surface area contributed by atoms with E-state index in [1.54, 1.807) is 24.3 Å². The number of rotatable bonds is 4. The van der Waals surface area contributed by atoms with Crippen molar-refractivity contribution in [2.24, 2.45) is 0 Å². The van der Waals surface area contributed by atoms with E-state index >= 15 is 0 Å². The predicted molar refractivity (Wildman–Crippen MR) is 82.1 cm³/mol. The number of nitro benzene ring substituents is 1. The maximum Gasteiger partial charge on any atom is 0.294 e. The Morgan fingerprint density at radius 2 is 1.86 bits per heavy atom. The molecule has 1 amide bonds. The SMILES string of the molecule is O=C(Nc1ccc(Cl)cc1[N+](=O)[O-])c1ccc(CCl)cc1. The lowest BCUT2D eigenvalue weighted by molar-refractivity contribution is -0.383. The first-order chi connectivity index (χ1) is 10.0. The summed E-state index contributed by atoms with van der Waals surface area (Å²) in [5.41, 5.74) is 1.10. The molecule has 0 atom stereocenters. The van der Waals surface area contributed by atoms with Crippen molar-refractivity contribution < 1.29 is 9.72 Å². The number of alkyl halides is 1. The summed E-state index contributed by atoms with van der Waals surface area (Å²) in [5, 5.41) is 13.7. The molecular formula is C14H10Cl2N2O3. The Balaban J connectivity index is 2.24. The van der Waals surface area contributed by atoms with E-state index in [2.05, 4.69) is 5.32 Å². The number of nitro groups is 1. The van der Waals surface area contributed by atoms with Gasteiger partial charge in [-0.3, -0.25) is 14.9 Å². The van der Waals surface area contributed by atoms with Crippen LogP contribution in [-0.2, 0) is 5.88 Å². The summed E-state index contributed by atoms with van der Waals surface area (Å²) in [6, 6.07) is 10.7. The van der Waals surface area contributed by atoms with Crippen LogP contribution < -0.4 is 5.32 Å². The van der Waals surface area contributed by atoms with Gasteiger partial charge in [0.2, 0.25) is 0 Å². The highest BCUT2D eigenvalue weighted by Crippen LogP contribution is 2.28. The fourth-order valence-electron chi connectivity index (χ4n) is 1.70. The monoisotopic (exact) mass is 324 g/mol. The Hall–Kier alpha value is -2.11. The van der Waals surface area contributed by atoms with Gasteiger partial charge in [0.05, 0.1) is 4.92 Å². The van der Waals surface area contributed by atoms with Crippen LogP contribution in [0.3, 0.4) is 0 Å². The topological polar surface area (TPSA) is 72.2 Å². The third kappa shape index (κ3) is 3.71. The number of carbonyl (C=O) groups excluding carboxylic acids is 1. The number of nitrogens with zero attached hydrogens (tertiary/aromatic N) is 1. The molecule has 0 spiro atoms. The minimum atomic E-state index is -0.599. The minimum absolute atomic E-state index is 0.0934. The lowest BCUT2D eigenvalue weighted by Gasteiger charge is -2.07. The van der Waals surface area contributed by atoms with Crippen molar-refractivity contribution in [3.05, 3.63) is 68.7 Å². The first-order valence-corrected chi connectivity index (χ1v) is 6.82. The standard InChI is InChI=1S/C14H10Cl2N2O3/c15-8-9-1-3-10(4-2-9)14(19)17-12-6-5-11(16)7-13(12)18(20)21/h1-7H,8H2,(H,17,19). The van der Waals surface area contributed by atoms with Crippen LogP contribution in [0.2, 0.25) is 5.02 Å². The van der Waals surface area contributed by atoms with Crippen molar-refractivity contribution in [3.8, 4) is 0 Å². The van der Waals surface area contributed by atoms with Crippen molar-refractivity contribution in [2.45, 2.75) is 5.88 Å². The largest absolute Gasteiger partial charge is 0.316 e. The summed E-state index contributed by atoms with van der Waals surface area (Å²) < 4.78 is 0. The molecule has 2 rings (SSSR count). The fourth-order valence-corrected chi connectivity index (χ4v) is 2.05. The highest BCUT2D eigenvalue weighted by atomic mass is 35.5. The van der Waals surface area contributed by atoms with E-state index in [-0.39, 0.29) is 16.4 Å². The van der Waals surface area contributed by atoms with Crippen LogP contribution in [0.5, 0.6) is 0 Å². The lowest BCUT2D eigenvalue weighted by Crippen LogP contribution is -2.13. The number of hydrogen-bond acceptors (Lipinski definition) is 3. The van der Waals surface area contributed by atoms with Crippen LogP contribution in [0, 0.1) is 10.1 Å². The molecule has 0 unspecified atom stereocenters. The lowest BCUT2D eigenvalue weighted by atomic mass is 10.1. The normalized spacial score (nSPS) is 10.2. The van der Waals surface area contributed by atoms with E-state index < -0.39 is 10.8 Å². The molecule has 0 aliphatic carbocycles. The van der Waals surface area contributed by atoms with Crippen molar-refractivity contribution in [2.75, 3.05) is 5.32 Å². The molecule has 1 N–H and O–H groups in total. The van der Waals surface area contributed by atoms with Crippen molar-refractivity contribution in [3.63, 3.8) is 0 Å². The second kappa shape index (κ2) is 6.56. The molecule has 108 valence electrons. The average Bonchev–Trinajstić information content (AvgIpc) is 2.49. The van der Waals surface area contributed by atoms with Crippen LogP contribution in [-0.4, -0.2) is 10.8 Å².